The number of halogens is 3. The lowest BCUT2D eigenvalue weighted by Crippen LogP contribution is -2.45. The number of benzene rings is 1. The Kier molecular flexibility index (Phi) is 4.95. The van der Waals surface area contributed by atoms with E-state index in [0.717, 1.165) is 12.1 Å². The SMILES string of the molecule is CC(C)c1cc([C@](O)(CO)C(F)(F)F)cc(C(C)C)c1O. The Balaban J connectivity index is 3.64. The summed E-state index contributed by atoms with van der Waals surface area (Å²) in [5, 5.41) is 29.1. The molecule has 1 aromatic carbocycles. The number of hydrogen-bond donors (Lipinski definition) is 3. The van der Waals surface area contributed by atoms with Gasteiger partial charge in [0.05, 0.1) is 6.61 Å². The molecular weight excluding hydrogens is 285 g/mol. The summed E-state index contributed by atoms with van der Waals surface area (Å²) in [6.45, 7) is 5.45. The van der Waals surface area contributed by atoms with Gasteiger partial charge in [0.1, 0.15) is 5.75 Å². The van der Waals surface area contributed by atoms with E-state index in [9.17, 15) is 23.4 Å². The lowest BCUT2D eigenvalue weighted by atomic mass is 9.85. The molecule has 0 aliphatic heterocycles. The van der Waals surface area contributed by atoms with Crippen LogP contribution in [-0.4, -0.2) is 28.1 Å². The van der Waals surface area contributed by atoms with Crippen LogP contribution in [0, 0.1) is 0 Å². The second-order valence-corrected chi connectivity index (χ2v) is 5.83. The lowest BCUT2D eigenvalue weighted by Gasteiger charge is -2.30. The van der Waals surface area contributed by atoms with Gasteiger partial charge in [0.15, 0.2) is 0 Å². The smallest absolute Gasteiger partial charge is 0.423 e. The Hall–Kier alpha value is -1.27. The highest BCUT2D eigenvalue weighted by Gasteiger charge is 2.55. The standard InChI is InChI=1S/C15H21F3O3/c1-8(2)11-5-10(6-12(9(3)4)13(11)20)14(21,7-19)15(16,17)18/h5-6,8-9,19-21H,7H2,1-4H3/t14-/m1/s1. The number of aromatic hydroxyl groups is 1. The zero-order valence-electron chi connectivity index (χ0n) is 12.5. The Morgan fingerprint density at radius 3 is 1.62 bits per heavy atom. The first-order valence-electron chi connectivity index (χ1n) is 6.73. The second-order valence-electron chi connectivity index (χ2n) is 5.83. The minimum absolute atomic E-state index is 0.0637. The first-order chi connectivity index (χ1) is 9.45. The molecule has 0 unspecified atom stereocenters. The van der Waals surface area contributed by atoms with Crippen LogP contribution in [0.25, 0.3) is 0 Å². The van der Waals surface area contributed by atoms with Crippen molar-refractivity contribution >= 4 is 0 Å². The van der Waals surface area contributed by atoms with Crippen molar-refractivity contribution < 1.29 is 28.5 Å². The molecule has 120 valence electrons. The number of aliphatic hydroxyl groups excluding tert-OH is 1. The molecule has 0 aliphatic rings. The highest BCUT2D eigenvalue weighted by Crippen LogP contribution is 2.43. The van der Waals surface area contributed by atoms with Gasteiger partial charge in [-0.3, -0.25) is 0 Å². The Morgan fingerprint density at radius 2 is 1.38 bits per heavy atom. The summed E-state index contributed by atoms with van der Waals surface area (Å²) in [6, 6.07) is 2.21. The van der Waals surface area contributed by atoms with E-state index in [1.165, 1.54) is 0 Å². The molecule has 0 saturated heterocycles. The first-order valence-corrected chi connectivity index (χ1v) is 6.73. The van der Waals surface area contributed by atoms with Gasteiger partial charge in [-0.1, -0.05) is 27.7 Å². The zero-order chi connectivity index (χ0) is 16.6. The molecule has 3 N–H and O–H groups in total. The van der Waals surface area contributed by atoms with Crippen LogP contribution in [0.4, 0.5) is 13.2 Å². The average Bonchev–Trinajstić information content (AvgIpc) is 2.35. The fourth-order valence-corrected chi connectivity index (χ4v) is 2.14. The number of rotatable bonds is 4. The summed E-state index contributed by atoms with van der Waals surface area (Å²) in [5.41, 5.74) is -3.17. The van der Waals surface area contributed by atoms with Crippen molar-refractivity contribution in [1.29, 1.82) is 0 Å². The Bertz CT molecular complexity index is 480. The third kappa shape index (κ3) is 3.16. The molecule has 21 heavy (non-hydrogen) atoms. The minimum Gasteiger partial charge on any atom is -0.507 e. The molecule has 0 bridgehead atoms. The Morgan fingerprint density at radius 1 is 1.00 bits per heavy atom. The van der Waals surface area contributed by atoms with Crippen LogP contribution >= 0.6 is 0 Å². The second kappa shape index (κ2) is 5.85. The van der Waals surface area contributed by atoms with Crippen LogP contribution in [-0.2, 0) is 5.60 Å². The van der Waals surface area contributed by atoms with Gasteiger partial charge < -0.3 is 15.3 Å². The van der Waals surface area contributed by atoms with Gasteiger partial charge >= 0.3 is 6.18 Å². The third-order valence-electron chi connectivity index (χ3n) is 3.59. The Labute approximate surface area is 122 Å². The third-order valence-corrected chi connectivity index (χ3v) is 3.59. The molecule has 3 nitrogen and oxygen atoms in total. The number of hydrogen-bond acceptors (Lipinski definition) is 3. The zero-order valence-corrected chi connectivity index (χ0v) is 12.5. The summed E-state index contributed by atoms with van der Waals surface area (Å²) >= 11 is 0. The number of phenolic OH excluding ortho intramolecular Hbond substituents is 1. The average molecular weight is 306 g/mol. The van der Waals surface area contributed by atoms with E-state index in [1.54, 1.807) is 27.7 Å². The maximum atomic E-state index is 13.1. The van der Waals surface area contributed by atoms with Crippen LogP contribution in [0.15, 0.2) is 12.1 Å². The van der Waals surface area contributed by atoms with E-state index in [0.29, 0.717) is 11.1 Å². The molecule has 0 radical (unpaired) electrons. The van der Waals surface area contributed by atoms with Gasteiger partial charge in [0.25, 0.3) is 0 Å². The quantitative estimate of drug-likeness (QED) is 0.799. The molecular formula is C15H21F3O3. The van der Waals surface area contributed by atoms with Gasteiger partial charge in [0, 0.05) is 0 Å². The monoisotopic (exact) mass is 306 g/mol. The van der Waals surface area contributed by atoms with Crippen LogP contribution in [0.5, 0.6) is 5.75 Å². The van der Waals surface area contributed by atoms with Crippen molar-refractivity contribution in [2.45, 2.75) is 51.3 Å². The van der Waals surface area contributed by atoms with E-state index in [-0.39, 0.29) is 17.6 Å². The number of phenols is 1. The summed E-state index contributed by atoms with van der Waals surface area (Å²) in [7, 11) is 0. The van der Waals surface area contributed by atoms with E-state index < -0.39 is 23.9 Å². The van der Waals surface area contributed by atoms with Crippen molar-refractivity contribution in [3.8, 4) is 5.75 Å². The molecule has 6 heteroatoms. The van der Waals surface area contributed by atoms with Crippen molar-refractivity contribution in [1.82, 2.24) is 0 Å². The molecule has 1 atom stereocenters. The fraction of sp³-hybridized carbons (Fsp3) is 0.600. The molecule has 0 aromatic heterocycles. The first kappa shape index (κ1) is 17.8. The summed E-state index contributed by atoms with van der Waals surface area (Å²) in [4.78, 5) is 0. The highest BCUT2D eigenvalue weighted by molar-refractivity contribution is 5.48. The summed E-state index contributed by atoms with van der Waals surface area (Å²) in [6.07, 6.45) is -5.01. The molecule has 0 spiro atoms. The predicted octanol–water partition coefficient (Wildman–Crippen LogP) is 3.38. The van der Waals surface area contributed by atoms with E-state index >= 15 is 0 Å². The normalized spacial score (nSPS) is 15.6. The van der Waals surface area contributed by atoms with E-state index in [1.807, 2.05) is 0 Å². The maximum absolute atomic E-state index is 13.1. The molecule has 0 fully saturated rings. The summed E-state index contributed by atoms with van der Waals surface area (Å²) < 4.78 is 39.3. The highest BCUT2D eigenvalue weighted by atomic mass is 19.4. The topological polar surface area (TPSA) is 60.7 Å². The van der Waals surface area contributed by atoms with Gasteiger partial charge in [-0.15, -0.1) is 0 Å². The van der Waals surface area contributed by atoms with E-state index in [4.69, 9.17) is 5.11 Å². The van der Waals surface area contributed by atoms with Crippen molar-refractivity contribution in [3.05, 3.63) is 28.8 Å². The lowest BCUT2D eigenvalue weighted by molar-refractivity contribution is -0.277. The molecule has 0 saturated carbocycles. The van der Waals surface area contributed by atoms with Crippen molar-refractivity contribution in [2.24, 2.45) is 0 Å². The van der Waals surface area contributed by atoms with Crippen molar-refractivity contribution in [2.75, 3.05) is 6.61 Å². The van der Waals surface area contributed by atoms with E-state index in [2.05, 4.69) is 0 Å². The molecule has 0 heterocycles. The van der Waals surface area contributed by atoms with Crippen LogP contribution in [0.3, 0.4) is 0 Å². The van der Waals surface area contributed by atoms with Gasteiger partial charge in [-0.2, -0.15) is 13.2 Å². The molecule has 0 aliphatic carbocycles. The van der Waals surface area contributed by atoms with Crippen molar-refractivity contribution in [3.63, 3.8) is 0 Å². The number of aliphatic hydroxyl groups is 2. The predicted molar refractivity (Wildman–Crippen MR) is 73.3 cm³/mol. The van der Waals surface area contributed by atoms with Crippen LogP contribution in [0.2, 0.25) is 0 Å². The maximum Gasteiger partial charge on any atom is 0.423 e. The molecule has 1 rings (SSSR count). The fourth-order valence-electron chi connectivity index (χ4n) is 2.14. The van der Waals surface area contributed by atoms with Crippen LogP contribution in [0.1, 0.15) is 56.2 Å². The molecule has 0 amide bonds. The van der Waals surface area contributed by atoms with Crippen LogP contribution < -0.4 is 0 Å². The summed E-state index contributed by atoms with van der Waals surface area (Å²) in [5.74, 6) is -0.511. The largest absolute Gasteiger partial charge is 0.507 e. The van der Waals surface area contributed by atoms with Gasteiger partial charge in [-0.05, 0) is 40.7 Å². The molecule has 1 aromatic rings. The van der Waals surface area contributed by atoms with Gasteiger partial charge in [-0.25, -0.2) is 0 Å². The minimum atomic E-state index is -5.01. The van der Waals surface area contributed by atoms with Gasteiger partial charge in [0.2, 0.25) is 5.60 Å². The number of alkyl halides is 3.